The van der Waals surface area contributed by atoms with Gasteiger partial charge in [0.25, 0.3) is 5.56 Å². The lowest BCUT2D eigenvalue weighted by atomic mass is 10.1. The molecule has 0 bridgehead atoms. The number of aromatic nitrogens is 2. The molecule has 1 saturated heterocycles. The fourth-order valence-corrected chi connectivity index (χ4v) is 5.19. The largest absolute Gasteiger partial charge is 0.342 e. The number of nitrogens with zero attached hydrogens (tertiary/aromatic N) is 3. The highest BCUT2D eigenvalue weighted by atomic mass is 32.2. The van der Waals surface area contributed by atoms with Gasteiger partial charge >= 0.3 is 0 Å². The first kappa shape index (κ1) is 18.3. The van der Waals surface area contributed by atoms with E-state index < -0.39 is 0 Å². The monoisotopic (exact) mass is 399 g/mol. The minimum atomic E-state index is -0.0555. The average molecular weight is 400 g/mol. The molecule has 1 amide bonds. The molecule has 0 aliphatic carbocycles. The third-order valence-electron chi connectivity index (χ3n) is 4.88. The van der Waals surface area contributed by atoms with Crippen molar-refractivity contribution in [1.82, 2.24) is 14.5 Å². The summed E-state index contributed by atoms with van der Waals surface area (Å²) in [6.45, 7) is 1.68. The van der Waals surface area contributed by atoms with Crippen molar-refractivity contribution in [3.8, 4) is 11.1 Å². The third kappa shape index (κ3) is 3.66. The lowest BCUT2D eigenvalue weighted by Gasteiger charge is -2.26. The van der Waals surface area contributed by atoms with Crippen molar-refractivity contribution in [3.63, 3.8) is 0 Å². The van der Waals surface area contributed by atoms with E-state index in [1.54, 1.807) is 11.6 Å². The van der Waals surface area contributed by atoms with Crippen molar-refractivity contribution in [2.24, 2.45) is 7.05 Å². The summed E-state index contributed by atoms with van der Waals surface area (Å²) in [6.07, 6.45) is 3.35. The molecule has 1 aromatic carbocycles. The van der Waals surface area contributed by atoms with Gasteiger partial charge in [-0.3, -0.25) is 14.2 Å². The van der Waals surface area contributed by atoms with E-state index in [1.165, 1.54) is 29.5 Å². The number of carbonyl (C=O) groups is 1. The van der Waals surface area contributed by atoms with Crippen LogP contribution < -0.4 is 5.56 Å². The van der Waals surface area contributed by atoms with E-state index in [4.69, 9.17) is 4.98 Å². The summed E-state index contributed by atoms with van der Waals surface area (Å²) in [4.78, 5) is 31.9. The predicted octanol–water partition coefficient (Wildman–Crippen LogP) is 3.77. The van der Waals surface area contributed by atoms with Gasteiger partial charge in [-0.1, -0.05) is 42.1 Å². The average Bonchev–Trinajstić information content (AvgIpc) is 3.14. The second-order valence-corrected chi connectivity index (χ2v) is 8.50. The molecule has 0 atom stereocenters. The zero-order valence-electron chi connectivity index (χ0n) is 15.2. The van der Waals surface area contributed by atoms with E-state index in [9.17, 15) is 9.59 Å². The van der Waals surface area contributed by atoms with E-state index in [0.29, 0.717) is 15.6 Å². The van der Waals surface area contributed by atoms with Gasteiger partial charge in [0.15, 0.2) is 5.16 Å². The molecule has 0 N–H and O–H groups in total. The molecule has 140 valence electrons. The van der Waals surface area contributed by atoms with Crippen molar-refractivity contribution >= 4 is 39.2 Å². The van der Waals surface area contributed by atoms with Crippen LogP contribution in [0.25, 0.3) is 21.3 Å². The maximum atomic E-state index is 12.8. The molecule has 3 aromatic rings. The zero-order chi connectivity index (χ0) is 18.8. The highest BCUT2D eigenvalue weighted by Crippen LogP contribution is 2.32. The number of amides is 1. The molecule has 1 aliphatic rings. The predicted molar refractivity (Wildman–Crippen MR) is 111 cm³/mol. The summed E-state index contributed by atoms with van der Waals surface area (Å²) in [5, 5.41) is 2.58. The first-order valence-corrected chi connectivity index (χ1v) is 11.0. The summed E-state index contributed by atoms with van der Waals surface area (Å²) in [6, 6.07) is 9.97. The molecule has 3 heterocycles. The van der Waals surface area contributed by atoms with Crippen LogP contribution in [0, 0.1) is 0 Å². The number of fused-ring (bicyclic) bond motifs is 1. The smallest absolute Gasteiger partial charge is 0.271 e. The minimum absolute atomic E-state index is 0.0555. The van der Waals surface area contributed by atoms with Gasteiger partial charge in [-0.15, -0.1) is 11.3 Å². The summed E-state index contributed by atoms with van der Waals surface area (Å²) in [5.41, 5.74) is 2.68. The summed E-state index contributed by atoms with van der Waals surface area (Å²) < 4.78 is 2.21. The van der Waals surface area contributed by atoms with E-state index in [-0.39, 0.29) is 11.5 Å². The number of likely N-dealkylation sites (tertiary alicyclic amines) is 1. The van der Waals surface area contributed by atoms with Gasteiger partial charge in [-0.05, 0) is 24.8 Å². The summed E-state index contributed by atoms with van der Waals surface area (Å²) >= 11 is 2.78. The maximum absolute atomic E-state index is 12.8. The molecule has 5 nitrogen and oxygen atoms in total. The van der Waals surface area contributed by atoms with E-state index in [1.807, 2.05) is 40.6 Å². The van der Waals surface area contributed by atoms with Crippen LogP contribution in [0.2, 0.25) is 0 Å². The number of benzene rings is 1. The molecule has 0 saturated carbocycles. The van der Waals surface area contributed by atoms with Crippen molar-refractivity contribution in [3.05, 3.63) is 46.1 Å². The molecule has 2 aromatic heterocycles. The number of thiophene rings is 1. The van der Waals surface area contributed by atoms with Gasteiger partial charge in [0.2, 0.25) is 5.91 Å². The van der Waals surface area contributed by atoms with Gasteiger partial charge < -0.3 is 4.90 Å². The summed E-state index contributed by atoms with van der Waals surface area (Å²) in [7, 11) is 1.73. The molecule has 4 rings (SSSR count). The molecular formula is C20H21N3O2S2. The first-order valence-electron chi connectivity index (χ1n) is 9.09. The Labute approximate surface area is 166 Å². The van der Waals surface area contributed by atoms with Gasteiger partial charge in [0.1, 0.15) is 4.70 Å². The van der Waals surface area contributed by atoms with Crippen LogP contribution >= 0.6 is 23.1 Å². The van der Waals surface area contributed by atoms with Crippen LogP contribution in [0.3, 0.4) is 0 Å². The van der Waals surface area contributed by atoms with Crippen LogP contribution in [0.4, 0.5) is 0 Å². The van der Waals surface area contributed by atoms with Crippen LogP contribution in [0.5, 0.6) is 0 Å². The van der Waals surface area contributed by atoms with Gasteiger partial charge in [-0.25, -0.2) is 4.98 Å². The molecule has 7 heteroatoms. The topological polar surface area (TPSA) is 55.2 Å². The van der Waals surface area contributed by atoms with Crippen LogP contribution in [-0.2, 0) is 11.8 Å². The van der Waals surface area contributed by atoms with Crippen molar-refractivity contribution in [2.75, 3.05) is 18.8 Å². The molecule has 1 fully saturated rings. The Balaban J connectivity index is 1.63. The lowest BCUT2D eigenvalue weighted by molar-refractivity contribution is -0.129. The Morgan fingerprint density at radius 1 is 1.19 bits per heavy atom. The summed E-state index contributed by atoms with van der Waals surface area (Å²) in [5.74, 6) is 0.444. The Morgan fingerprint density at radius 2 is 1.93 bits per heavy atom. The Hall–Kier alpha value is -2.12. The number of piperidine rings is 1. The first-order chi connectivity index (χ1) is 13.1. The molecule has 0 unspecified atom stereocenters. The molecule has 0 radical (unpaired) electrons. The molecule has 1 aliphatic heterocycles. The third-order valence-corrected chi connectivity index (χ3v) is 6.85. The molecule has 0 spiro atoms. The fraction of sp³-hybridized carbons (Fsp3) is 0.350. The van der Waals surface area contributed by atoms with Crippen LogP contribution in [-0.4, -0.2) is 39.2 Å². The van der Waals surface area contributed by atoms with Crippen LogP contribution in [0.1, 0.15) is 19.3 Å². The maximum Gasteiger partial charge on any atom is 0.271 e. The lowest BCUT2D eigenvalue weighted by Crippen LogP contribution is -2.36. The van der Waals surface area contributed by atoms with E-state index in [2.05, 4.69) is 0 Å². The normalized spacial score (nSPS) is 14.6. The number of rotatable bonds is 4. The second kappa shape index (κ2) is 7.86. The number of hydrogen-bond acceptors (Lipinski definition) is 5. The highest BCUT2D eigenvalue weighted by Gasteiger charge is 2.19. The van der Waals surface area contributed by atoms with Crippen molar-refractivity contribution in [1.29, 1.82) is 0 Å². The number of carbonyl (C=O) groups excluding carboxylic acids is 1. The van der Waals surface area contributed by atoms with Crippen molar-refractivity contribution in [2.45, 2.75) is 24.4 Å². The molecular weight excluding hydrogens is 378 g/mol. The van der Waals surface area contributed by atoms with E-state index >= 15 is 0 Å². The highest BCUT2D eigenvalue weighted by molar-refractivity contribution is 7.99. The van der Waals surface area contributed by atoms with E-state index in [0.717, 1.165) is 42.6 Å². The SMILES string of the molecule is Cn1c(SCC(=O)N2CCCCC2)nc2c(-c3ccccc3)csc2c1=O. The Kier molecular flexibility index (Phi) is 5.31. The number of thioether (sulfide) groups is 1. The zero-order valence-corrected chi connectivity index (χ0v) is 16.8. The molecule has 27 heavy (non-hydrogen) atoms. The standard InChI is InChI=1S/C20H21N3O2S2/c1-22-19(25)18-17(15(12-26-18)14-8-4-2-5-9-14)21-20(22)27-13-16(24)23-10-6-3-7-11-23/h2,4-5,8-9,12H,3,6-7,10-11,13H2,1H3. The van der Waals surface area contributed by atoms with Crippen molar-refractivity contribution < 1.29 is 4.79 Å². The van der Waals surface area contributed by atoms with Gasteiger partial charge in [0, 0.05) is 31.1 Å². The quantitative estimate of drug-likeness (QED) is 0.495. The minimum Gasteiger partial charge on any atom is -0.342 e. The van der Waals surface area contributed by atoms with Gasteiger partial charge in [0.05, 0.1) is 11.3 Å². The fourth-order valence-electron chi connectivity index (χ4n) is 3.34. The second-order valence-electron chi connectivity index (χ2n) is 6.68. The Morgan fingerprint density at radius 3 is 2.67 bits per heavy atom. The van der Waals surface area contributed by atoms with Crippen LogP contribution in [0.15, 0.2) is 45.7 Å². The Bertz CT molecular complexity index is 1020. The van der Waals surface area contributed by atoms with Gasteiger partial charge in [-0.2, -0.15) is 0 Å². The number of hydrogen-bond donors (Lipinski definition) is 0.